The maximum absolute atomic E-state index is 12.1. The van der Waals surface area contributed by atoms with E-state index in [1.54, 1.807) is 7.11 Å². The monoisotopic (exact) mass is 399 g/mol. The van der Waals surface area contributed by atoms with Crippen molar-refractivity contribution >= 4 is 12.0 Å². The summed E-state index contributed by atoms with van der Waals surface area (Å²) < 4.78 is 10.5. The first kappa shape index (κ1) is 20.6. The highest BCUT2D eigenvalue weighted by Gasteiger charge is 2.37. The molecule has 1 saturated heterocycles. The van der Waals surface area contributed by atoms with Crippen LogP contribution in [0.4, 0.5) is 4.79 Å². The highest BCUT2D eigenvalue weighted by Crippen LogP contribution is 2.19. The molecule has 8 nitrogen and oxygen atoms in total. The molecular weight excluding hydrogens is 374 g/mol. The molecule has 154 valence electrons. The molecule has 0 aliphatic carbocycles. The third kappa shape index (κ3) is 5.94. The van der Waals surface area contributed by atoms with Crippen LogP contribution in [0.25, 0.3) is 0 Å². The van der Waals surface area contributed by atoms with Crippen molar-refractivity contribution in [1.29, 1.82) is 0 Å². The molecule has 0 aromatic heterocycles. The number of carbonyl (C=O) groups excluding carboxylic acids is 2. The molecule has 2 amide bonds. The van der Waals surface area contributed by atoms with Gasteiger partial charge in [0.1, 0.15) is 18.0 Å². The predicted molar refractivity (Wildman–Crippen MR) is 106 cm³/mol. The molecule has 3 atom stereocenters. The Kier molecular flexibility index (Phi) is 7.04. The van der Waals surface area contributed by atoms with Crippen LogP contribution in [0.15, 0.2) is 54.6 Å². The third-order valence-corrected chi connectivity index (χ3v) is 4.73. The van der Waals surface area contributed by atoms with E-state index in [1.807, 2.05) is 54.6 Å². The molecule has 2 aromatic rings. The lowest BCUT2D eigenvalue weighted by Gasteiger charge is -2.22. The second kappa shape index (κ2) is 9.90. The molecular formula is C21H25N3O5. The highest BCUT2D eigenvalue weighted by molar-refractivity contribution is 5.81. The molecule has 2 aromatic carbocycles. The number of hydrogen-bond acceptors (Lipinski definition) is 6. The Labute approximate surface area is 169 Å². The molecule has 0 unspecified atom stereocenters. The maximum atomic E-state index is 12.1. The quantitative estimate of drug-likeness (QED) is 0.539. The first-order valence-corrected chi connectivity index (χ1v) is 9.39. The Morgan fingerprint density at radius 3 is 2.48 bits per heavy atom. The van der Waals surface area contributed by atoms with Gasteiger partial charge in [0, 0.05) is 6.54 Å². The van der Waals surface area contributed by atoms with E-state index in [2.05, 4.69) is 16.2 Å². The first-order chi connectivity index (χ1) is 14.0. The Balaban J connectivity index is 1.48. The standard InChI is InChI=1S/C21H25N3O5/c1-28-16-9-7-15(8-10-16)11-17-20(18(25)13-22-17)29-21(27)24-23-19(26)12-14-5-3-2-4-6-14/h2-10,17-18,20,22,25H,11-13H2,1H3,(H,23,26)(H,24,27)/t17-,18+,20+/m1/s1. The summed E-state index contributed by atoms with van der Waals surface area (Å²) in [5.41, 5.74) is 6.40. The third-order valence-electron chi connectivity index (χ3n) is 4.73. The Bertz CT molecular complexity index is 813. The highest BCUT2D eigenvalue weighted by atomic mass is 16.6. The SMILES string of the molecule is COc1ccc(C[C@H]2NC[C@H](O)[C@H]2OC(=O)NNC(=O)Cc2ccccc2)cc1. The van der Waals surface area contributed by atoms with Crippen molar-refractivity contribution in [3.63, 3.8) is 0 Å². The number of hydrazine groups is 1. The van der Waals surface area contributed by atoms with Crippen molar-refractivity contribution in [1.82, 2.24) is 16.2 Å². The number of aliphatic hydroxyl groups is 1. The smallest absolute Gasteiger partial charge is 0.426 e. The molecule has 1 fully saturated rings. The topological polar surface area (TPSA) is 109 Å². The van der Waals surface area contributed by atoms with Gasteiger partial charge in [-0.3, -0.25) is 10.2 Å². The van der Waals surface area contributed by atoms with E-state index in [1.165, 1.54) is 0 Å². The lowest BCUT2D eigenvalue weighted by atomic mass is 10.0. The number of ether oxygens (including phenoxy) is 2. The van der Waals surface area contributed by atoms with E-state index in [-0.39, 0.29) is 18.4 Å². The van der Waals surface area contributed by atoms with Crippen LogP contribution in [0, 0.1) is 0 Å². The van der Waals surface area contributed by atoms with E-state index in [0.29, 0.717) is 13.0 Å². The van der Waals surface area contributed by atoms with Crippen molar-refractivity contribution in [3.05, 3.63) is 65.7 Å². The minimum absolute atomic E-state index is 0.134. The summed E-state index contributed by atoms with van der Waals surface area (Å²) in [6.07, 6.45) is -1.68. The van der Waals surface area contributed by atoms with Crippen molar-refractivity contribution in [2.45, 2.75) is 31.1 Å². The summed E-state index contributed by atoms with van der Waals surface area (Å²) in [4.78, 5) is 24.0. The summed E-state index contributed by atoms with van der Waals surface area (Å²) in [5, 5.41) is 13.3. The molecule has 3 rings (SSSR count). The molecule has 1 aliphatic heterocycles. The van der Waals surface area contributed by atoms with Crippen molar-refractivity contribution in [3.8, 4) is 5.75 Å². The largest absolute Gasteiger partial charge is 0.497 e. The normalized spacial score (nSPS) is 20.7. The molecule has 1 heterocycles. The average molecular weight is 399 g/mol. The number of hydrogen-bond donors (Lipinski definition) is 4. The van der Waals surface area contributed by atoms with E-state index in [4.69, 9.17) is 9.47 Å². The lowest BCUT2D eigenvalue weighted by molar-refractivity contribution is -0.121. The maximum Gasteiger partial charge on any atom is 0.426 e. The molecule has 1 aliphatic rings. The van der Waals surface area contributed by atoms with Gasteiger partial charge in [-0.1, -0.05) is 42.5 Å². The lowest BCUT2D eigenvalue weighted by Crippen LogP contribution is -2.47. The van der Waals surface area contributed by atoms with Crippen LogP contribution >= 0.6 is 0 Å². The molecule has 4 N–H and O–H groups in total. The molecule has 0 radical (unpaired) electrons. The van der Waals surface area contributed by atoms with Gasteiger partial charge in [-0.2, -0.15) is 0 Å². The van der Waals surface area contributed by atoms with Gasteiger partial charge in [-0.05, 0) is 29.7 Å². The minimum atomic E-state index is -0.830. The summed E-state index contributed by atoms with van der Waals surface area (Å²) >= 11 is 0. The van der Waals surface area contributed by atoms with Crippen molar-refractivity contribution in [2.24, 2.45) is 0 Å². The van der Waals surface area contributed by atoms with Gasteiger partial charge in [0.25, 0.3) is 0 Å². The Hall–Kier alpha value is -3.10. The summed E-state index contributed by atoms with van der Waals surface area (Å²) in [6, 6.07) is 16.5. The molecule has 29 heavy (non-hydrogen) atoms. The second-order valence-corrected chi connectivity index (χ2v) is 6.84. The Morgan fingerprint density at radius 2 is 1.79 bits per heavy atom. The van der Waals surface area contributed by atoms with Crippen LogP contribution in [0.2, 0.25) is 0 Å². The van der Waals surface area contributed by atoms with Crippen molar-refractivity contribution in [2.75, 3.05) is 13.7 Å². The predicted octanol–water partition coefficient (Wildman–Crippen LogP) is 0.939. The van der Waals surface area contributed by atoms with Crippen molar-refractivity contribution < 1.29 is 24.2 Å². The van der Waals surface area contributed by atoms with Crippen LogP contribution < -0.4 is 20.9 Å². The number of amides is 2. The number of nitrogens with one attached hydrogen (secondary N) is 3. The van der Waals surface area contributed by atoms with Crippen LogP contribution in [0.1, 0.15) is 11.1 Å². The fourth-order valence-electron chi connectivity index (χ4n) is 3.24. The summed E-state index contributed by atoms with van der Waals surface area (Å²) in [6.45, 7) is 0.319. The number of carbonyl (C=O) groups is 2. The fourth-order valence-corrected chi connectivity index (χ4v) is 3.24. The number of rotatable bonds is 6. The average Bonchev–Trinajstić information content (AvgIpc) is 3.07. The van der Waals surface area contributed by atoms with E-state index in [0.717, 1.165) is 16.9 Å². The van der Waals surface area contributed by atoms with Gasteiger partial charge in [0.05, 0.1) is 19.6 Å². The van der Waals surface area contributed by atoms with Gasteiger partial charge in [-0.15, -0.1) is 0 Å². The molecule has 0 saturated carbocycles. The summed E-state index contributed by atoms with van der Waals surface area (Å²) in [7, 11) is 1.60. The minimum Gasteiger partial charge on any atom is -0.497 e. The number of aliphatic hydroxyl groups excluding tert-OH is 1. The van der Waals surface area contributed by atoms with Gasteiger partial charge in [-0.25, -0.2) is 10.2 Å². The van der Waals surface area contributed by atoms with Crippen LogP contribution in [0.5, 0.6) is 5.75 Å². The van der Waals surface area contributed by atoms with E-state index < -0.39 is 18.3 Å². The second-order valence-electron chi connectivity index (χ2n) is 6.84. The van der Waals surface area contributed by atoms with Gasteiger partial charge in [0.15, 0.2) is 0 Å². The van der Waals surface area contributed by atoms with Crippen LogP contribution in [-0.2, 0) is 22.4 Å². The van der Waals surface area contributed by atoms with Gasteiger partial charge in [0.2, 0.25) is 5.91 Å². The number of methoxy groups -OCH3 is 1. The van der Waals surface area contributed by atoms with E-state index >= 15 is 0 Å². The Morgan fingerprint density at radius 1 is 1.07 bits per heavy atom. The molecule has 8 heteroatoms. The molecule has 0 bridgehead atoms. The van der Waals surface area contributed by atoms with Gasteiger partial charge < -0.3 is 19.9 Å². The zero-order valence-corrected chi connectivity index (χ0v) is 16.1. The van der Waals surface area contributed by atoms with Crippen LogP contribution in [0.3, 0.4) is 0 Å². The van der Waals surface area contributed by atoms with Gasteiger partial charge >= 0.3 is 6.09 Å². The number of benzene rings is 2. The van der Waals surface area contributed by atoms with E-state index in [9.17, 15) is 14.7 Å². The zero-order chi connectivity index (χ0) is 20.6. The number of β-amino-alcohol motifs (C(OH)–C–C–N with tert-alkyl or cyclic N) is 1. The molecule has 0 spiro atoms. The summed E-state index contributed by atoms with van der Waals surface area (Å²) in [5.74, 6) is 0.389. The van der Waals surface area contributed by atoms with Crippen LogP contribution in [-0.4, -0.2) is 49.0 Å². The zero-order valence-electron chi connectivity index (χ0n) is 16.1. The fraction of sp³-hybridized carbons (Fsp3) is 0.333. The first-order valence-electron chi connectivity index (χ1n) is 9.39.